The highest BCUT2D eigenvalue weighted by atomic mass is 32.1. The molecule has 0 aliphatic carbocycles. The monoisotopic (exact) mass is 248 g/mol. The molecule has 1 N–H and O–H groups in total. The van der Waals surface area contributed by atoms with Gasteiger partial charge in [0.1, 0.15) is 12.1 Å². The predicted molar refractivity (Wildman–Crippen MR) is 67.5 cm³/mol. The van der Waals surface area contributed by atoms with Crippen LogP contribution in [-0.2, 0) is 0 Å². The maximum atomic E-state index is 11.6. The van der Waals surface area contributed by atoms with E-state index < -0.39 is 0 Å². The van der Waals surface area contributed by atoms with Crippen LogP contribution in [0.4, 0.5) is 0 Å². The zero-order chi connectivity index (χ0) is 12.1. The summed E-state index contributed by atoms with van der Waals surface area (Å²) in [6, 6.07) is 3.51. The number of rotatable bonds is 4. The number of nitrogens with zero attached hydrogens (tertiary/aromatic N) is 3. The van der Waals surface area contributed by atoms with Gasteiger partial charge in [-0.05, 0) is 12.1 Å². The third kappa shape index (κ3) is 2.85. The summed E-state index contributed by atoms with van der Waals surface area (Å²) in [5, 5.41) is 2.73. The van der Waals surface area contributed by atoms with Gasteiger partial charge in [0.15, 0.2) is 0 Å². The Kier molecular flexibility index (Phi) is 3.77. The lowest BCUT2D eigenvalue weighted by molar-refractivity contribution is 0.0956. The van der Waals surface area contributed by atoms with E-state index in [0.717, 1.165) is 5.82 Å². The van der Waals surface area contributed by atoms with E-state index in [4.69, 9.17) is 0 Å². The van der Waals surface area contributed by atoms with Crippen LogP contribution >= 0.6 is 12.6 Å². The van der Waals surface area contributed by atoms with Gasteiger partial charge in [-0.15, -0.1) is 0 Å². The molecule has 0 radical (unpaired) electrons. The molecule has 0 atom stereocenters. The molecular formula is C11H12N4OS. The number of hydrogen-bond acceptors (Lipinski definition) is 4. The smallest absolute Gasteiger partial charge is 0.252 e. The van der Waals surface area contributed by atoms with E-state index in [9.17, 15) is 4.79 Å². The maximum absolute atomic E-state index is 11.6. The van der Waals surface area contributed by atoms with Crippen molar-refractivity contribution < 1.29 is 4.79 Å². The average Bonchev–Trinajstić information content (AvgIpc) is 2.90. The molecule has 0 unspecified atom stereocenters. The molecule has 2 rings (SSSR count). The van der Waals surface area contributed by atoms with Gasteiger partial charge in [0.2, 0.25) is 0 Å². The zero-order valence-electron chi connectivity index (χ0n) is 9.08. The van der Waals surface area contributed by atoms with Gasteiger partial charge in [-0.1, -0.05) is 0 Å². The summed E-state index contributed by atoms with van der Waals surface area (Å²) < 4.78 is 1.77. The van der Waals surface area contributed by atoms with Gasteiger partial charge >= 0.3 is 0 Å². The number of thiol groups is 1. The molecule has 1 amide bonds. The lowest BCUT2D eigenvalue weighted by atomic mass is 10.2. The summed E-state index contributed by atoms with van der Waals surface area (Å²) in [7, 11) is 0. The lowest BCUT2D eigenvalue weighted by Gasteiger charge is -2.04. The Hall–Kier alpha value is -1.82. The van der Waals surface area contributed by atoms with Gasteiger partial charge in [0.05, 0.1) is 5.56 Å². The van der Waals surface area contributed by atoms with Crippen molar-refractivity contribution in [2.75, 3.05) is 12.3 Å². The fourth-order valence-corrected chi connectivity index (χ4v) is 1.45. The first-order chi connectivity index (χ1) is 8.31. The number of pyridine rings is 1. The van der Waals surface area contributed by atoms with Gasteiger partial charge in [-0.25, -0.2) is 9.97 Å². The standard InChI is InChI=1S/C11H12N4OS/c16-11(13-4-6-17)9-1-2-10(14-7-9)15-5-3-12-8-15/h1-3,5,7-8,17H,4,6H2,(H,13,16). The second kappa shape index (κ2) is 5.49. The first kappa shape index (κ1) is 11.7. The molecule has 0 saturated heterocycles. The fraction of sp³-hybridized carbons (Fsp3) is 0.182. The van der Waals surface area contributed by atoms with Gasteiger partial charge in [0, 0.05) is 30.9 Å². The highest BCUT2D eigenvalue weighted by molar-refractivity contribution is 7.80. The molecule has 2 heterocycles. The Labute approximate surface area is 104 Å². The zero-order valence-corrected chi connectivity index (χ0v) is 9.97. The molecule has 6 heteroatoms. The third-order valence-corrected chi connectivity index (χ3v) is 2.40. The van der Waals surface area contributed by atoms with Crippen LogP contribution in [-0.4, -0.2) is 32.7 Å². The van der Waals surface area contributed by atoms with E-state index >= 15 is 0 Å². The average molecular weight is 248 g/mol. The largest absolute Gasteiger partial charge is 0.351 e. The van der Waals surface area contributed by atoms with Crippen molar-refractivity contribution >= 4 is 18.5 Å². The van der Waals surface area contributed by atoms with Crippen LogP contribution in [0.15, 0.2) is 37.1 Å². The summed E-state index contributed by atoms with van der Waals surface area (Å²) in [4.78, 5) is 19.7. The van der Waals surface area contributed by atoms with E-state index in [0.29, 0.717) is 17.9 Å². The minimum Gasteiger partial charge on any atom is -0.351 e. The molecular weight excluding hydrogens is 236 g/mol. The van der Waals surface area contributed by atoms with Gasteiger partial charge < -0.3 is 5.32 Å². The first-order valence-electron chi connectivity index (χ1n) is 5.14. The van der Waals surface area contributed by atoms with Gasteiger partial charge in [-0.3, -0.25) is 9.36 Å². The van der Waals surface area contributed by atoms with Crippen LogP contribution in [0.5, 0.6) is 0 Å². The molecule has 5 nitrogen and oxygen atoms in total. The highest BCUT2D eigenvalue weighted by Gasteiger charge is 2.05. The summed E-state index contributed by atoms with van der Waals surface area (Å²) in [6.45, 7) is 0.547. The molecule has 2 aromatic rings. The van der Waals surface area contributed by atoms with Gasteiger partial charge in [-0.2, -0.15) is 12.6 Å². The van der Waals surface area contributed by atoms with Gasteiger partial charge in [0.25, 0.3) is 5.91 Å². The second-order valence-electron chi connectivity index (χ2n) is 3.35. The molecule has 0 aliphatic heterocycles. The van der Waals surface area contributed by atoms with Crippen LogP contribution in [0.3, 0.4) is 0 Å². The normalized spacial score (nSPS) is 10.2. The quantitative estimate of drug-likeness (QED) is 0.791. The minimum absolute atomic E-state index is 0.135. The summed E-state index contributed by atoms with van der Waals surface area (Å²) in [6.07, 6.45) is 6.67. The van der Waals surface area contributed by atoms with Crippen LogP contribution in [0.1, 0.15) is 10.4 Å². The molecule has 0 aliphatic rings. The Morgan fingerprint density at radius 1 is 1.47 bits per heavy atom. The fourth-order valence-electron chi connectivity index (χ4n) is 1.34. The number of imidazole rings is 1. The summed E-state index contributed by atoms with van der Waals surface area (Å²) in [5.41, 5.74) is 0.538. The highest BCUT2D eigenvalue weighted by Crippen LogP contribution is 2.05. The number of carbonyl (C=O) groups excluding carboxylic acids is 1. The lowest BCUT2D eigenvalue weighted by Crippen LogP contribution is -2.25. The SMILES string of the molecule is O=C(NCCS)c1ccc(-n2ccnc2)nc1. The predicted octanol–water partition coefficient (Wildman–Crippen LogP) is 0.927. The Bertz CT molecular complexity index is 481. The van der Waals surface area contributed by atoms with Crippen LogP contribution in [0.25, 0.3) is 5.82 Å². The van der Waals surface area contributed by atoms with E-state index in [1.54, 1.807) is 41.6 Å². The van der Waals surface area contributed by atoms with E-state index in [-0.39, 0.29) is 5.91 Å². The molecule has 88 valence electrons. The van der Waals surface area contributed by atoms with Crippen molar-refractivity contribution in [2.24, 2.45) is 0 Å². The summed E-state index contributed by atoms with van der Waals surface area (Å²) in [5.74, 6) is 1.21. The molecule has 0 aromatic carbocycles. The molecule has 0 fully saturated rings. The maximum Gasteiger partial charge on any atom is 0.252 e. The van der Waals surface area contributed by atoms with Crippen LogP contribution in [0.2, 0.25) is 0 Å². The third-order valence-electron chi connectivity index (χ3n) is 2.18. The number of carbonyl (C=O) groups is 1. The molecule has 2 aromatic heterocycles. The Balaban J connectivity index is 2.10. The number of hydrogen-bond donors (Lipinski definition) is 2. The molecule has 0 spiro atoms. The van der Waals surface area contributed by atoms with Crippen molar-refractivity contribution in [3.63, 3.8) is 0 Å². The number of aromatic nitrogens is 3. The van der Waals surface area contributed by atoms with E-state index in [1.165, 1.54) is 0 Å². The molecule has 17 heavy (non-hydrogen) atoms. The molecule has 0 bridgehead atoms. The summed E-state index contributed by atoms with van der Waals surface area (Å²) >= 11 is 4.02. The van der Waals surface area contributed by atoms with E-state index in [2.05, 4.69) is 27.9 Å². The minimum atomic E-state index is -0.135. The van der Waals surface area contributed by atoms with Crippen LogP contribution < -0.4 is 5.32 Å². The van der Waals surface area contributed by atoms with Crippen molar-refractivity contribution in [1.82, 2.24) is 19.9 Å². The van der Waals surface area contributed by atoms with Crippen molar-refractivity contribution in [3.8, 4) is 5.82 Å². The Morgan fingerprint density at radius 2 is 2.35 bits per heavy atom. The Morgan fingerprint density at radius 3 is 2.94 bits per heavy atom. The second-order valence-corrected chi connectivity index (χ2v) is 3.80. The first-order valence-corrected chi connectivity index (χ1v) is 5.78. The molecule has 0 saturated carbocycles. The van der Waals surface area contributed by atoms with Crippen molar-refractivity contribution in [1.29, 1.82) is 0 Å². The number of amides is 1. The number of nitrogens with one attached hydrogen (secondary N) is 1. The topological polar surface area (TPSA) is 59.8 Å². The van der Waals surface area contributed by atoms with Crippen molar-refractivity contribution in [2.45, 2.75) is 0 Å². The van der Waals surface area contributed by atoms with E-state index in [1.807, 2.05) is 0 Å². The van der Waals surface area contributed by atoms with Crippen molar-refractivity contribution in [3.05, 3.63) is 42.6 Å². The van der Waals surface area contributed by atoms with Crippen LogP contribution in [0, 0.1) is 0 Å².